The van der Waals surface area contributed by atoms with Crippen LogP contribution < -0.4 is 5.32 Å². The van der Waals surface area contributed by atoms with Gasteiger partial charge in [0, 0.05) is 18.8 Å². The molecule has 0 aromatic carbocycles. The van der Waals surface area contributed by atoms with E-state index in [1.807, 2.05) is 10.9 Å². The molecule has 1 N–H and O–H groups in total. The van der Waals surface area contributed by atoms with Crippen LogP contribution in [0.2, 0.25) is 0 Å². The van der Waals surface area contributed by atoms with Crippen LogP contribution in [0.5, 0.6) is 0 Å². The summed E-state index contributed by atoms with van der Waals surface area (Å²) in [7, 11) is 0. The number of hydrogen-bond donors (Lipinski definition) is 1. The van der Waals surface area contributed by atoms with E-state index in [0.717, 1.165) is 25.4 Å². The fourth-order valence-corrected chi connectivity index (χ4v) is 3.51. The van der Waals surface area contributed by atoms with Gasteiger partial charge in [-0.3, -0.25) is 4.68 Å². The quantitative estimate of drug-likeness (QED) is 0.740. The van der Waals surface area contributed by atoms with Gasteiger partial charge in [0.15, 0.2) is 0 Å². The van der Waals surface area contributed by atoms with Gasteiger partial charge in [-0.25, -0.2) is 0 Å². The number of hydrogen-bond acceptors (Lipinski definition) is 2. The van der Waals surface area contributed by atoms with Crippen molar-refractivity contribution < 1.29 is 0 Å². The minimum Gasteiger partial charge on any atom is -0.314 e. The summed E-state index contributed by atoms with van der Waals surface area (Å²) in [5, 5.41) is 8.15. The van der Waals surface area contributed by atoms with Gasteiger partial charge in [-0.05, 0) is 50.6 Å². The summed E-state index contributed by atoms with van der Waals surface area (Å²) in [6.45, 7) is 6.50. The molecule has 0 spiro atoms. The maximum atomic E-state index is 4.41. The minimum atomic E-state index is 0.626. The summed E-state index contributed by atoms with van der Waals surface area (Å²) < 4.78 is 2.04. The maximum Gasteiger partial charge on any atom is 0.0522 e. The Morgan fingerprint density at radius 2 is 2.10 bits per heavy atom. The van der Waals surface area contributed by atoms with Crippen LogP contribution in [0.1, 0.15) is 70.8 Å². The third-order valence-corrected chi connectivity index (χ3v) is 4.82. The van der Waals surface area contributed by atoms with E-state index in [-0.39, 0.29) is 0 Å². The second-order valence-corrected chi connectivity index (χ2v) is 6.64. The lowest BCUT2D eigenvalue weighted by molar-refractivity contribution is 0.312. The summed E-state index contributed by atoms with van der Waals surface area (Å²) in [6.07, 6.45) is 16.6. The molecule has 1 aromatic heterocycles. The van der Waals surface area contributed by atoms with Gasteiger partial charge >= 0.3 is 0 Å². The third kappa shape index (κ3) is 5.82. The van der Waals surface area contributed by atoms with E-state index >= 15 is 0 Å². The van der Waals surface area contributed by atoms with Gasteiger partial charge in [0.1, 0.15) is 0 Å². The Hall–Kier alpha value is -0.830. The molecule has 21 heavy (non-hydrogen) atoms. The molecular weight excluding hydrogens is 258 g/mol. The predicted octanol–water partition coefficient (Wildman–Crippen LogP) is 4.17. The molecule has 1 fully saturated rings. The van der Waals surface area contributed by atoms with Crippen LogP contribution in [0.3, 0.4) is 0 Å². The van der Waals surface area contributed by atoms with Crippen molar-refractivity contribution in [2.75, 3.05) is 6.54 Å². The largest absolute Gasteiger partial charge is 0.314 e. The summed E-state index contributed by atoms with van der Waals surface area (Å²) >= 11 is 0. The fraction of sp³-hybridized carbons (Fsp3) is 0.833. The number of rotatable bonds is 9. The molecule has 2 rings (SSSR count). The molecule has 0 radical (unpaired) electrons. The Balaban J connectivity index is 1.81. The highest BCUT2D eigenvalue weighted by Crippen LogP contribution is 2.28. The van der Waals surface area contributed by atoms with E-state index in [1.54, 1.807) is 0 Å². The Labute approximate surface area is 130 Å². The Bertz CT molecular complexity index is 380. The van der Waals surface area contributed by atoms with Gasteiger partial charge in [-0.15, -0.1) is 0 Å². The van der Waals surface area contributed by atoms with E-state index in [4.69, 9.17) is 0 Å². The molecule has 1 heterocycles. The summed E-state index contributed by atoms with van der Waals surface area (Å²) in [5.41, 5.74) is 1.38. The van der Waals surface area contributed by atoms with Crippen LogP contribution in [0.4, 0.5) is 0 Å². The van der Waals surface area contributed by atoms with Crippen LogP contribution in [0.25, 0.3) is 0 Å². The number of nitrogens with zero attached hydrogens (tertiary/aromatic N) is 2. The first kappa shape index (κ1) is 16.5. The SMILES string of the molecule is CCCNC(CCC1CCCCC1)Cc1cnn(CC)c1. The van der Waals surface area contributed by atoms with Crippen molar-refractivity contribution in [3.05, 3.63) is 18.0 Å². The first-order valence-corrected chi connectivity index (χ1v) is 9.06. The molecule has 3 nitrogen and oxygen atoms in total. The van der Waals surface area contributed by atoms with Crippen LogP contribution in [0, 0.1) is 5.92 Å². The number of aromatic nitrogens is 2. The van der Waals surface area contributed by atoms with Gasteiger partial charge in [0.05, 0.1) is 6.20 Å². The van der Waals surface area contributed by atoms with Crippen LogP contribution in [-0.4, -0.2) is 22.4 Å². The van der Waals surface area contributed by atoms with E-state index < -0.39 is 0 Å². The van der Waals surface area contributed by atoms with Gasteiger partial charge < -0.3 is 5.32 Å². The average Bonchev–Trinajstić information content (AvgIpc) is 2.98. The standard InChI is InChI=1S/C18H33N3/c1-3-12-19-18(11-10-16-8-6-5-7-9-16)13-17-14-20-21(4-2)15-17/h14-16,18-19H,3-13H2,1-2H3. The van der Waals surface area contributed by atoms with Crippen LogP contribution in [-0.2, 0) is 13.0 Å². The van der Waals surface area contributed by atoms with Crippen molar-refractivity contribution in [2.45, 2.75) is 84.2 Å². The molecule has 1 aliphatic carbocycles. The van der Waals surface area contributed by atoms with Gasteiger partial charge in [-0.2, -0.15) is 5.10 Å². The zero-order chi connectivity index (χ0) is 14.9. The second-order valence-electron chi connectivity index (χ2n) is 6.64. The summed E-state index contributed by atoms with van der Waals surface area (Å²) in [4.78, 5) is 0. The molecule has 1 atom stereocenters. The topological polar surface area (TPSA) is 29.9 Å². The zero-order valence-electron chi connectivity index (χ0n) is 14.0. The van der Waals surface area contributed by atoms with E-state index in [2.05, 4.69) is 30.5 Å². The Morgan fingerprint density at radius 1 is 1.29 bits per heavy atom. The summed E-state index contributed by atoms with van der Waals surface area (Å²) in [5.74, 6) is 0.989. The van der Waals surface area contributed by atoms with Crippen molar-refractivity contribution in [1.29, 1.82) is 0 Å². The maximum absolute atomic E-state index is 4.41. The van der Waals surface area contributed by atoms with E-state index in [1.165, 1.54) is 56.9 Å². The van der Waals surface area contributed by atoms with E-state index in [0.29, 0.717) is 6.04 Å². The number of nitrogens with one attached hydrogen (secondary N) is 1. The normalized spacial score (nSPS) is 18.0. The molecular formula is C18H33N3. The lowest BCUT2D eigenvalue weighted by atomic mass is 9.84. The van der Waals surface area contributed by atoms with Gasteiger partial charge in [0.25, 0.3) is 0 Å². The molecule has 1 aromatic rings. The van der Waals surface area contributed by atoms with Crippen molar-refractivity contribution >= 4 is 0 Å². The van der Waals surface area contributed by atoms with Crippen molar-refractivity contribution in [2.24, 2.45) is 5.92 Å². The second kappa shape index (κ2) is 9.24. The minimum absolute atomic E-state index is 0.626. The first-order chi connectivity index (χ1) is 10.3. The van der Waals surface area contributed by atoms with Crippen molar-refractivity contribution in [3.8, 4) is 0 Å². The molecule has 1 unspecified atom stereocenters. The highest BCUT2D eigenvalue weighted by Gasteiger charge is 2.16. The Kier molecular flexibility index (Phi) is 7.28. The highest BCUT2D eigenvalue weighted by atomic mass is 15.3. The number of aryl methyl sites for hydroxylation is 1. The molecule has 0 aliphatic heterocycles. The first-order valence-electron chi connectivity index (χ1n) is 9.06. The molecule has 1 aliphatic rings. The van der Waals surface area contributed by atoms with Crippen LogP contribution in [0.15, 0.2) is 12.4 Å². The Morgan fingerprint density at radius 3 is 2.76 bits per heavy atom. The van der Waals surface area contributed by atoms with Gasteiger partial charge in [0.2, 0.25) is 0 Å². The van der Waals surface area contributed by atoms with Crippen LogP contribution >= 0.6 is 0 Å². The summed E-state index contributed by atoms with van der Waals surface area (Å²) in [6, 6.07) is 0.626. The average molecular weight is 291 g/mol. The van der Waals surface area contributed by atoms with E-state index in [9.17, 15) is 0 Å². The monoisotopic (exact) mass is 291 g/mol. The fourth-order valence-electron chi connectivity index (χ4n) is 3.51. The zero-order valence-corrected chi connectivity index (χ0v) is 14.0. The van der Waals surface area contributed by atoms with Crippen molar-refractivity contribution in [1.82, 2.24) is 15.1 Å². The van der Waals surface area contributed by atoms with Crippen molar-refractivity contribution in [3.63, 3.8) is 0 Å². The highest BCUT2D eigenvalue weighted by molar-refractivity contribution is 5.06. The molecule has 0 amide bonds. The predicted molar refractivity (Wildman–Crippen MR) is 89.5 cm³/mol. The van der Waals surface area contributed by atoms with Gasteiger partial charge in [-0.1, -0.05) is 39.0 Å². The lowest BCUT2D eigenvalue weighted by Gasteiger charge is -2.24. The molecule has 1 saturated carbocycles. The smallest absolute Gasteiger partial charge is 0.0522 e. The lowest BCUT2D eigenvalue weighted by Crippen LogP contribution is -2.32. The molecule has 0 bridgehead atoms. The third-order valence-electron chi connectivity index (χ3n) is 4.82. The molecule has 3 heteroatoms. The molecule has 120 valence electrons. The molecule has 0 saturated heterocycles.